The third kappa shape index (κ3) is 3.66. The summed E-state index contributed by atoms with van der Waals surface area (Å²) >= 11 is 1.77. The van der Waals surface area contributed by atoms with E-state index >= 15 is 0 Å². The fraction of sp³-hybridized carbons (Fsp3) is 0.533. The molecule has 0 saturated carbocycles. The lowest BCUT2D eigenvalue weighted by atomic mass is 9.97. The molecule has 104 valence electrons. The molecule has 0 spiro atoms. The number of para-hydroxylation sites is 1. The van der Waals surface area contributed by atoms with Crippen molar-refractivity contribution in [2.24, 2.45) is 0 Å². The fourth-order valence-corrected chi connectivity index (χ4v) is 2.44. The second-order valence-electron chi connectivity index (χ2n) is 5.61. The smallest absolute Gasteiger partial charge is 0.220 e. The molecule has 1 atom stereocenters. The normalized spacial score (nSPS) is 17.7. The summed E-state index contributed by atoms with van der Waals surface area (Å²) in [7, 11) is 0. The molecular weight excluding hydrogens is 256 g/mol. The number of benzene rings is 1. The van der Waals surface area contributed by atoms with Crippen LogP contribution in [0, 0.1) is 0 Å². The molecule has 1 heterocycles. The summed E-state index contributed by atoms with van der Waals surface area (Å²) < 4.78 is 0.0987. The molecular formula is C15H22N2OS. The van der Waals surface area contributed by atoms with E-state index in [2.05, 4.69) is 42.9 Å². The Labute approximate surface area is 119 Å². The van der Waals surface area contributed by atoms with E-state index in [0.29, 0.717) is 12.3 Å². The predicted molar refractivity (Wildman–Crippen MR) is 82.9 cm³/mol. The molecule has 0 aromatic heterocycles. The van der Waals surface area contributed by atoms with E-state index in [9.17, 15) is 4.79 Å². The number of amides is 1. The van der Waals surface area contributed by atoms with Crippen molar-refractivity contribution in [2.75, 3.05) is 24.7 Å². The van der Waals surface area contributed by atoms with Crippen molar-refractivity contribution in [2.45, 2.75) is 30.9 Å². The minimum atomic E-state index is 0.0987. The monoisotopic (exact) mass is 278 g/mol. The lowest BCUT2D eigenvalue weighted by molar-refractivity contribution is -0.121. The van der Waals surface area contributed by atoms with Gasteiger partial charge in [-0.25, -0.2) is 0 Å². The molecule has 1 aliphatic heterocycles. The molecule has 19 heavy (non-hydrogen) atoms. The van der Waals surface area contributed by atoms with Crippen molar-refractivity contribution in [1.82, 2.24) is 5.32 Å². The highest BCUT2D eigenvalue weighted by molar-refractivity contribution is 7.99. The molecule has 2 N–H and O–H groups in total. The summed E-state index contributed by atoms with van der Waals surface area (Å²) in [6.45, 7) is 5.86. The minimum Gasteiger partial charge on any atom is -0.384 e. The van der Waals surface area contributed by atoms with Crippen LogP contribution in [0.2, 0.25) is 0 Å². The van der Waals surface area contributed by atoms with Gasteiger partial charge in [0.05, 0.1) is 0 Å². The van der Waals surface area contributed by atoms with Crippen LogP contribution in [0.25, 0.3) is 0 Å². The molecule has 1 aromatic carbocycles. The molecule has 0 bridgehead atoms. The van der Waals surface area contributed by atoms with Crippen LogP contribution in [0.4, 0.5) is 5.69 Å². The number of thioether (sulfide) groups is 1. The van der Waals surface area contributed by atoms with E-state index in [0.717, 1.165) is 13.1 Å². The number of fused-ring (bicyclic) bond motifs is 1. The SMILES string of the molecule is CSC(C)(C)CNC(=O)CC1CNc2ccccc21. The zero-order valence-corrected chi connectivity index (χ0v) is 12.6. The third-order valence-corrected chi connectivity index (χ3v) is 4.88. The van der Waals surface area contributed by atoms with Gasteiger partial charge in [-0.2, -0.15) is 11.8 Å². The summed E-state index contributed by atoms with van der Waals surface area (Å²) in [6.07, 6.45) is 2.64. The van der Waals surface area contributed by atoms with Gasteiger partial charge in [-0.3, -0.25) is 4.79 Å². The Morgan fingerprint density at radius 2 is 2.21 bits per heavy atom. The molecule has 1 unspecified atom stereocenters. The Morgan fingerprint density at radius 1 is 1.47 bits per heavy atom. The van der Waals surface area contributed by atoms with Crippen molar-refractivity contribution >= 4 is 23.4 Å². The van der Waals surface area contributed by atoms with Crippen LogP contribution in [-0.2, 0) is 4.79 Å². The number of nitrogens with one attached hydrogen (secondary N) is 2. The summed E-state index contributed by atoms with van der Waals surface area (Å²) in [5, 5.41) is 6.40. The summed E-state index contributed by atoms with van der Waals surface area (Å²) in [6, 6.07) is 8.24. The van der Waals surface area contributed by atoms with E-state index in [1.54, 1.807) is 11.8 Å². The lowest BCUT2D eigenvalue weighted by Gasteiger charge is -2.22. The number of hydrogen-bond donors (Lipinski definition) is 2. The number of rotatable bonds is 5. The van der Waals surface area contributed by atoms with Crippen LogP contribution in [0.1, 0.15) is 31.7 Å². The van der Waals surface area contributed by atoms with Crippen molar-refractivity contribution in [3.05, 3.63) is 29.8 Å². The van der Waals surface area contributed by atoms with E-state index in [4.69, 9.17) is 0 Å². The maximum Gasteiger partial charge on any atom is 0.220 e. The van der Waals surface area contributed by atoms with Gasteiger partial charge in [-0.15, -0.1) is 0 Å². The molecule has 0 fully saturated rings. The van der Waals surface area contributed by atoms with Crippen LogP contribution in [0.3, 0.4) is 0 Å². The first-order valence-corrected chi connectivity index (χ1v) is 7.89. The molecule has 1 aromatic rings. The topological polar surface area (TPSA) is 41.1 Å². The van der Waals surface area contributed by atoms with Crippen LogP contribution >= 0.6 is 11.8 Å². The van der Waals surface area contributed by atoms with E-state index in [1.165, 1.54) is 11.3 Å². The van der Waals surface area contributed by atoms with E-state index in [-0.39, 0.29) is 10.7 Å². The average molecular weight is 278 g/mol. The van der Waals surface area contributed by atoms with Gasteiger partial charge in [0, 0.05) is 35.9 Å². The maximum atomic E-state index is 12.0. The highest BCUT2D eigenvalue weighted by atomic mass is 32.2. The van der Waals surface area contributed by atoms with Crippen LogP contribution in [0.15, 0.2) is 24.3 Å². The summed E-state index contributed by atoms with van der Waals surface area (Å²) in [4.78, 5) is 12.0. The Morgan fingerprint density at radius 3 is 2.95 bits per heavy atom. The predicted octanol–water partition coefficient (Wildman–Crippen LogP) is 2.84. The molecule has 1 aliphatic rings. The standard InChI is InChI=1S/C15H22N2OS/c1-15(2,19-3)10-17-14(18)8-11-9-16-13-7-5-4-6-12(11)13/h4-7,11,16H,8-10H2,1-3H3,(H,17,18). The van der Waals surface area contributed by atoms with Gasteiger partial charge in [-0.1, -0.05) is 18.2 Å². The van der Waals surface area contributed by atoms with Crippen molar-refractivity contribution in [3.63, 3.8) is 0 Å². The largest absolute Gasteiger partial charge is 0.384 e. The summed E-state index contributed by atoms with van der Waals surface area (Å²) in [5.41, 5.74) is 2.44. The van der Waals surface area contributed by atoms with Crippen molar-refractivity contribution in [1.29, 1.82) is 0 Å². The molecule has 2 rings (SSSR count). The molecule has 1 amide bonds. The van der Waals surface area contributed by atoms with Gasteiger partial charge in [-0.05, 0) is 31.7 Å². The third-order valence-electron chi connectivity index (χ3n) is 3.64. The van der Waals surface area contributed by atoms with Crippen molar-refractivity contribution in [3.8, 4) is 0 Å². The quantitative estimate of drug-likeness (QED) is 0.870. The number of carbonyl (C=O) groups excluding carboxylic acids is 1. The Bertz CT molecular complexity index is 459. The highest BCUT2D eigenvalue weighted by Gasteiger charge is 2.24. The second-order valence-corrected chi connectivity index (χ2v) is 7.12. The second kappa shape index (κ2) is 5.87. The van der Waals surface area contributed by atoms with Gasteiger partial charge in [0.25, 0.3) is 0 Å². The highest BCUT2D eigenvalue weighted by Crippen LogP contribution is 2.33. The van der Waals surface area contributed by atoms with Gasteiger partial charge in [0.2, 0.25) is 5.91 Å². The zero-order valence-electron chi connectivity index (χ0n) is 11.8. The molecule has 0 radical (unpaired) electrons. The zero-order chi connectivity index (χ0) is 13.9. The lowest BCUT2D eigenvalue weighted by Crippen LogP contribution is -2.36. The fourth-order valence-electron chi connectivity index (χ4n) is 2.22. The Balaban J connectivity index is 1.88. The average Bonchev–Trinajstić information content (AvgIpc) is 2.80. The number of hydrogen-bond acceptors (Lipinski definition) is 3. The van der Waals surface area contributed by atoms with Crippen LogP contribution in [0.5, 0.6) is 0 Å². The molecule has 0 saturated heterocycles. The maximum absolute atomic E-state index is 12.0. The molecule has 0 aliphatic carbocycles. The van der Waals surface area contributed by atoms with Gasteiger partial charge >= 0.3 is 0 Å². The van der Waals surface area contributed by atoms with Gasteiger partial charge in [0.15, 0.2) is 0 Å². The first kappa shape index (κ1) is 14.3. The first-order valence-electron chi connectivity index (χ1n) is 6.66. The van der Waals surface area contributed by atoms with Crippen LogP contribution < -0.4 is 10.6 Å². The first-order chi connectivity index (χ1) is 9.02. The van der Waals surface area contributed by atoms with Gasteiger partial charge in [0.1, 0.15) is 0 Å². The minimum absolute atomic E-state index is 0.0987. The molecule has 4 heteroatoms. The van der Waals surface area contributed by atoms with Crippen molar-refractivity contribution < 1.29 is 4.79 Å². The Hall–Kier alpha value is -1.16. The number of anilines is 1. The van der Waals surface area contributed by atoms with Gasteiger partial charge < -0.3 is 10.6 Å². The number of carbonyl (C=O) groups is 1. The molecule has 3 nitrogen and oxygen atoms in total. The van der Waals surface area contributed by atoms with E-state index in [1.807, 2.05) is 12.1 Å². The Kier molecular flexibility index (Phi) is 4.40. The summed E-state index contributed by atoms with van der Waals surface area (Å²) in [5.74, 6) is 0.444. The van der Waals surface area contributed by atoms with E-state index < -0.39 is 0 Å². The van der Waals surface area contributed by atoms with Crippen LogP contribution in [-0.4, -0.2) is 30.0 Å².